The number of hydrogen-bond acceptors (Lipinski definition) is 4. The summed E-state index contributed by atoms with van der Waals surface area (Å²) in [6, 6.07) is 34.7. The van der Waals surface area contributed by atoms with Gasteiger partial charge in [-0.3, -0.25) is 9.36 Å². The van der Waals surface area contributed by atoms with E-state index in [0.29, 0.717) is 21.7 Å². The van der Waals surface area contributed by atoms with Crippen LogP contribution in [0.5, 0.6) is 5.75 Å². The zero-order valence-electron chi connectivity index (χ0n) is 24.0. The maximum absolute atomic E-state index is 14.4. The van der Waals surface area contributed by atoms with E-state index in [4.69, 9.17) is 9.73 Å². The summed E-state index contributed by atoms with van der Waals surface area (Å²) in [4.78, 5) is 20.1. The molecule has 7 heteroatoms. The van der Waals surface area contributed by atoms with Gasteiger partial charge in [0.15, 0.2) is 4.80 Å². The van der Waals surface area contributed by atoms with E-state index in [1.807, 2.05) is 60.7 Å². The van der Waals surface area contributed by atoms with E-state index in [9.17, 15) is 9.18 Å². The fourth-order valence-corrected chi connectivity index (χ4v) is 7.64. The minimum Gasteiger partial charge on any atom is -0.488 e. The van der Waals surface area contributed by atoms with E-state index in [1.54, 1.807) is 16.7 Å². The number of thiazole rings is 1. The highest BCUT2D eigenvalue weighted by Gasteiger charge is 2.32. The van der Waals surface area contributed by atoms with Gasteiger partial charge in [0.1, 0.15) is 18.2 Å². The third-order valence-corrected chi connectivity index (χ3v) is 10.1. The number of benzene rings is 5. The minimum atomic E-state index is -0.368. The predicted molar refractivity (Wildman–Crippen MR) is 182 cm³/mol. The lowest BCUT2D eigenvalue weighted by Crippen LogP contribution is -2.38. The maximum Gasteiger partial charge on any atom is 0.271 e. The number of nitrogens with zero attached hydrogens (tertiary/aromatic N) is 2. The molecule has 0 bridgehead atoms. The van der Waals surface area contributed by atoms with Crippen LogP contribution in [0.4, 0.5) is 4.39 Å². The molecule has 45 heavy (non-hydrogen) atoms. The summed E-state index contributed by atoms with van der Waals surface area (Å²) < 4.78 is 23.8. The first kappa shape index (κ1) is 27.9. The Hall–Kier alpha value is -4.59. The van der Waals surface area contributed by atoms with Gasteiger partial charge in [-0.25, -0.2) is 9.38 Å². The first-order chi connectivity index (χ1) is 22.0. The minimum absolute atomic E-state index is 0.120. The molecule has 0 spiro atoms. The molecule has 6 aromatic rings. The number of aromatic nitrogens is 1. The number of fused-ring (bicyclic) bond motifs is 4. The van der Waals surface area contributed by atoms with Crippen molar-refractivity contribution in [2.24, 2.45) is 4.99 Å². The summed E-state index contributed by atoms with van der Waals surface area (Å²) in [6.45, 7) is 0.393. The standard InChI is InChI=1S/C38H26BrFN2O2S/c39-27-15-9-23(10-16-27)22-44-33-20-14-24-5-1-3-7-29(24)32(33)21-34-37(43)42-36(26-11-17-28(40)18-12-26)31-19-13-25-6-2-4-8-30(25)35(31)41-38(42)45-34/h1-12,14-18,20-21,36H,13,19,22H2/b34-21+. The van der Waals surface area contributed by atoms with E-state index in [2.05, 4.69) is 46.3 Å². The Balaban J connectivity index is 1.32. The predicted octanol–water partition coefficient (Wildman–Crippen LogP) is 7.95. The average molecular weight is 674 g/mol. The van der Waals surface area contributed by atoms with Crippen LogP contribution >= 0.6 is 27.3 Å². The molecule has 5 aromatic carbocycles. The van der Waals surface area contributed by atoms with Crippen LogP contribution in [0.25, 0.3) is 22.5 Å². The summed E-state index contributed by atoms with van der Waals surface area (Å²) in [7, 11) is 0. The van der Waals surface area contributed by atoms with Crippen LogP contribution in [0.15, 0.2) is 129 Å². The number of allylic oxidation sites excluding steroid dienone is 1. The molecule has 1 unspecified atom stereocenters. The topological polar surface area (TPSA) is 43.6 Å². The smallest absolute Gasteiger partial charge is 0.271 e. The van der Waals surface area contributed by atoms with Gasteiger partial charge in [0.25, 0.3) is 5.56 Å². The fourth-order valence-electron chi connectivity index (χ4n) is 6.39. The van der Waals surface area contributed by atoms with Gasteiger partial charge in [-0.05, 0) is 82.3 Å². The van der Waals surface area contributed by atoms with Gasteiger partial charge in [-0.1, -0.05) is 106 Å². The van der Waals surface area contributed by atoms with E-state index >= 15 is 0 Å². The van der Waals surface area contributed by atoms with Crippen molar-refractivity contribution in [3.63, 3.8) is 0 Å². The Bertz CT molecular complexity index is 2320. The van der Waals surface area contributed by atoms with E-state index in [0.717, 1.165) is 61.6 Å². The van der Waals surface area contributed by atoms with Crippen molar-refractivity contribution in [2.75, 3.05) is 0 Å². The second-order valence-corrected chi connectivity index (χ2v) is 13.2. The largest absolute Gasteiger partial charge is 0.488 e. The number of rotatable bonds is 5. The van der Waals surface area contributed by atoms with Gasteiger partial charge in [-0.15, -0.1) is 0 Å². The normalized spacial score (nSPS) is 15.8. The van der Waals surface area contributed by atoms with Gasteiger partial charge in [0.05, 0.1) is 16.3 Å². The quantitative estimate of drug-likeness (QED) is 0.187. The number of hydrogen-bond donors (Lipinski definition) is 0. The molecule has 0 fully saturated rings. The van der Waals surface area contributed by atoms with Crippen LogP contribution in [0.1, 0.15) is 40.3 Å². The molecule has 0 saturated heterocycles. The third kappa shape index (κ3) is 5.06. The molecule has 0 amide bonds. The van der Waals surface area contributed by atoms with Gasteiger partial charge < -0.3 is 4.74 Å². The van der Waals surface area contributed by atoms with Crippen molar-refractivity contribution in [3.05, 3.63) is 173 Å². The lowest BCUT2D eigenvalue weighted by Gasteiger charge is -2.30. The Morgan fingerprint density at radius 3 is 2.53 bits per heavy atom. The average Bonchev–Trinajstić information content (AvgIpc) is 3.38. The van der Waals surface area contributed by atoms with Gasteiger partial charge in [0, 0.05) is 15.6 Å². The number of halogens is 2. The lowest BCUT2D eigenvalue weighted by molar-refractivity contribution is 0.306. The van der Waals surface area contributed by atoms with Gasteiger partial charge in [-0.2, -0.15) is 0 Å². The molecule has 1 aromatic heterocycles. The molecular formula is C38H26BrFN2O2S. The third-order valence-electron chi connectivity index (χ3n) is 8.57. The zero-order chi connectivity index (χ0) is 30.5. The second kappa shape index (κ2) is 11.4. The lowest BCUT2D eigenvalue weighted by atomic mass is 9.83. The Kier molecular flexibility index (Phi) is 7.07. The summed E-state index contributed by atoms with van der Waals surface area (Å²) in [5.41, 5.74) is 7.00. The molecule has 0 N–H and O–H groups in total. The molecule has 2 aliphatic rings. The zero-order valence-corrected chi connectivity index (χ0v) is 26.4. The second-order valence-electron chi connectivity index (χ2n) is 11.3. The van der Waals surface area contributed by atoms with Crippen molar-refractivity contribution >= 4 is 49.8 Å². The van der Waals surface area contributed by atoms with Crippen molar-refractivity contribution in [2.45, 2.75) is 25.5 Å². The Labute approximate surface area is 271 Å². The Morgan fingerprint density at radius 2 is 1.69 bits per heavy atom. The fraction of sp³-hybridized carbons (Fsp3) is 0.105. The highest BCUT2D eigenvalue weighted by molar-refractivity contribution is 9.10. The van der Waals surface area contributed by atoms with Crippen LogP contribution in [0.2, 0.25) is 0 Å². The monoisotopic (exact) mass is 672 g/mol. The molecule has 1 atom stereocenters. The Morgan fingerprint density at radius 1 is 0.911 bits per heavy atom. The van der Waals surface area contributed by atoms with E-state index < -0.39 is 0 Å². The van der Waals surface area contributed by atoms with Crippen LogP contribution in [-0.2, 0) is 13.0 Å². The van der Waals surface area contributed by atoms with Crippen LogP contribution in [0, 0.1) is 5.82 Å². The molecule has 4 nitrogen and oxygen atoms in total. The van der Waals surface area contributed by atoms with Crippen molar-refractivity contribution in [1.82, 2.24) is 4.57 Å². The molecule has 1 aliphatic heterocycles. The first-order valence-corrected chi connectivity index (χ1v) is 16.4. The van der Waals surface area contributed by atoms with Crippen LogP contribution in [-0.4, -0.2) is 4.57 Å². The highest BCUT2D eigenvalue weighted by atomic mass is 79.9. The number of aryl methyl sites for hydroxylation is 1. The molecular weight excluding hydrogens is 647 g/mol. The van der Waals surface area contributed by atoms with Crippen molar-refractivity contribution in [1.29, 1.82) is 0 Å². The van der Waals surface area contributed by atoms with E-state index in [1.165, 1.54) is 29.0 Å². The highest BCUT2D eigenvalue weighted by Crippen LogP contribution is 2.41. The molecule has 220 valence electrons. The van der Waals surface area contributed by atoms with Crippen LogP contribution < -0.4 is 19.6 Å². The molecule has 0 radical (unpaired) electrons. The van der Waals surface area contributed by atoms with Gasteiger partial charge >= 0.3 is 0 Å². The van der Waals surface area contributed by atoms with Crippen molar-refractivity contribution in [3.8, 4) is 5.75 Å². The molecule has 2 heterocycles. The molecule has 8 rings (SSSR count). The summed E-state index contributed by atoms with van der Waals surface area (Å²) in [5, 5.41) is 2.06. The molecule has 0 saturated carbocycles. The van der Waals surface area contributed by atoms with Gasteiger partial charge in [0.2, 0.25) is 0 Å². The summed E-state index contributed by atoms with van der Waals surface area (Å²) >= 11 is 4.88. The summed E-state index contributed by atoms with van der Waals surface area (Å²) in [6.07, 6.45) is 3.59. The SMILES string of the molecule is O=c1/c(=C\c2c(OCc3ccc(Br)cc3)ccc3ccccc23)sc2n1C(c1ccc(F)cc1)C1=C(N=2)c2ccccc2CC1. The van der Waals surface area contributed by atoms with Crippen molar-refractivity contribution < 1.29 is 9.13 Å². The summed E-state index contributed by atoms with van der Waals surface area (Å²) in [5.74, 6) is 0.395. The van der Waals surface area contributed by atoms with Crippen LogP contribution in [0.3, 0.4) is 0 Å². The van der Waals surface area contributed by atoms with E-state index in [-0.39, 0.29) is 17.4 Å². The first-order valence-electron chi connectivity index (χ1n) is 14.8. The molecule has 1 aliphatic carbocycles. The maximum atomic E-state index is 14.4. The number of ether oxygens (including phenoxy) is 1.